The number of hydrogen-bond acceptors (Lipinski definition) is 3. The van der Waals surface area contributed by atoms with E-state index in [9.17, 15) is 4.79 Å². The lowest BCUT2D eigenvalue weighted by atomic mass is 9.72. The summed E-state index contributed by atoms with van der Waals surface area (Å²) in [6, 6.07) is 24.8. The molecule has 0 saturated heterocycles. The summed E-state index contributed by atoms with van der Waals surface area (Å²) in [4.78, 5) is 19.9. The summed E-state index contributed by atoms with van der Waals surface area (Å²) in [5.41, 5.74) is 6.49. The smallest absolute Gasteiger partial charge is 0.259 e. The van der Waals surface area contributed by atoms with E-state index < -0.39 is 0 Å². The molecule has 1 aliphatic carbocycles. The summed E-state index contributed by atoms with van der Waals surface area (Å²) < 4.78 is 2.36. The number of fused-ring (bicyclic) bond motifs is 4. The highest BCUT2D eigenvalue weighted by molar-refractivity contribution is 7.16. The minimum Gasteiger partial charge on any atom is -0.341 e. The Kier molecular flexibility index (Phi) is 6.64. The molecule has 0 aliphatic heterocycles. The van der Waals surface area contributed by atoms with Crippen molar-refractivity contribution in [3.63, 3.8) is 0 Å². The topological polar surface area (TPSA) is 46.4 Å². The van der Waals surface area contributed by atoms with Crippen molar-refractivity contribution in [3.05, 3.63) is 94.4 Å². The number of nitrogens with zero attached hydrogens (tertiary/aromatic N) is 2. The number of nitrogens with one attached hydrogen (secondary N) is 1. The average Bonchev–Trinajstić information content (AvgIpc) is 3.46. The van der Waals surface area contributed by atoms with Crippen LogP contribution in [0.3, 0.4) is 0 Å². The molecule has 1 N–H and O–H groups in total. The van der Waals surface area contributed by atoms with Crippen LogP contribution in [-0.2, 0) is 19.4 Å². The standard InChI is InChI=1S/C34H35N3OS/c1-5-37-28-14-10-9-13-25(28)27-19-22(15-18-29(27)37)21-35-33-31(32(38)36-24-11-7-6-8-12-24)26-17-16-23(34(2,3)4)20-30(26)39-33/h6-15,18-19,21,23H,5,16-17,20H2,1-4H3,(H,36,38)/t23-/m1/s1. The van der Waals surface area contributed by atoms with Crippen molar-refractivity contribution < 1.29 is 4.79 Å². The number of aromatic nitrogens is 1. The SMILES string of the molecule is CCn1c2ccccc2c2cc(C=Nc3sc4c(c3C(=O)Nc3ccccc3)CC[C@@H](C(C)(C)C)C4)ccc21. The highest BCUT2D eigenvalue weighted by Gasteiger charge is 2.33. The molecule has 5 heteroatoms. The van der Waals surface area contributed by atoms with Crippen LogP contribution in [0.5, 0.6) is 0 Å². The quantitative estimate of drug-likeness (QED) is 0.225. The Bertz CT molecular complexity index is 1700. The molecule has 2 heterocycles. The van der Waals surface area contributed by atoms with Crippen LogP contribution in [0.4, 0.5) is 10.7 Å². The second-order valence-electron chi connectivity index (χ2n) is 11.6. The van der Waals surface area contributed by atoms with Gasteiger partial charge >= 0.3 is 0 Å². The highest BCUT2D eigenvalue weighted by atomic mass is 32.1. The Hall–Kier alpha value is -3.70. The third-order valence-corrected chi connectivity index (χ3v) is 9.34. The van der Waals surface area contributed by atoms with Gasteiger partial charge in [-0.2, -0.15) is 0 Å². The number of amides is 1. The Morgan fingerprint density at radius 2 is 1.77 bits per heavy atom. The number of para-hydroxylation sites is 2. The van der Waals surface area contributed by atoms with E-state index in [1.54, 1.807) is 11.3 Å². The molecule has 1 atom stereocenters. The minimum absolute atomic E-state index is 0.0680. The first-order chi connectivity index (χ1) is 18.8. The van der Waals surface area contributed by atoms with Gasteiger partial charge in [0.1, 0.15) is 5.00 Å². The molecule has 5 aromatic rings. The number of thiophene rings is 1. The van der Waals surface area contributed by atoms with Gasteiger partial charge in [-0.05, 0) is 79.0 Å². The zero-order valence-corrected chi connectivity index (χ0v) is 23.9. The Balaban J connectivity index is 1.39. The van der Waals surface area contributed by atoms with Gasteiger partial charge in [-0.3, -0.25) is 4.79 Å². The monoisotopic (exact) mass is 533 g/mol. The van der Waals surface area contributed by atoms with Gasteiger partial charge in [-0.1, -0.05) is 63.2 Å². The van der Waals surface area contributed by atoms with Crippen molar-refractivity contribution in [2.24, 2.45) is 16.3 Å². The summed E-state index contributed by atoms with van der Waals surface area (Å²) >= 11 is 1.69. The lowest BCUT2D eigenvalue weighted by molar-refractivity contribution is 0.102. The first-order valence-corrected chi connectivity index (χ1v) is 14.7. The minimum atomic E-state index is -0.0680. The van der Waals surface area contributed by atoms with E-state index in [4.69, 9.17) is 4.99 Å². The zero-order chi connectivity index (χ0) is 27.1. The van der Waals surface area contributed by atoms with Crippen LogP contribution in [0.25, 0.3) is 21.8 Å². The van der Waals surface area contributed by atoms with Crippen LogP contribution in [0.15, 0.2) is 77.8 Å². The van der Waals surface area contributed by atoms with Crippen LogP contribution in [0, 0.1) is 11.3 Å². The lowest BCUT2D eigenvalue weighted by Crippen LogP contribution is -2.27. The molecule has 0 saturated carbocycles. The molecule has 6 rings (SSSR count). The second kappa shape index (κ2) is 10.1. The summed E-state index contributed by atoms with van der Waals surface area (Å²) in [5, 5.41) is 6.41. The fourth-order valence-electron chi connectivity index (χ4n) is 5.98. The van der Waals surface area contributed by atoms with Gasteiger partial charge in [0.25, 0.3) is 5.91 Å². The molecule has 2 aromatic heterocycles. The number of aryl methyl sites for hydroxylation is 1. The molecule has 0 radical (unpaired) electrons. The van der Waals surface area contributed by atoms with Gasteiger partial charge in [-0.25, -0.2) is 4.99 Å². The summed E-state index contributed by atoms with van der Waals surface area (Å²) in [6.45, 7) is 10.1. The van der Waals surface area contributed by atoms with Crippen molar-refractivity contribution in [3.8, 4) is 0 Å². The first kappa shape index (κ1) is 25.6. The number of rotatable bonds is 5. The number of anilines is 1. The molecule has 198 valence electrons. The van der Waals surface area contributed by atoms with Gasteiger partial charge in [0.2, 0.25) is 0 Å². The average molecular weight is 534 g/mol. The van der Waals surface area contributed by atoms with E-state index in [1.807, 2.05) is 36.5 Å². The second-order valence-corrected chi connectivity index (χ2v) is 12.7. The normalized spacial score (nSPS) is 15.7. The number of aliphatic imine (C=N–C) groups is 1. The maximum atomic E-state index is 13.6. The summed E-state index contributed by atoms with van der Waals surface area (Å²) in [6.07, 6.45) is 4.95. The van der Waals surface area contributed by atoms with Crippen molar-refractivity contribution in [1.29, 1.82) is 0 Å². The maximum Gasteiger partial charge on any atom is 0.259 e. The fourth-order valence-corrected chi connectivity index (χ4v) is 7.24. The molecule has 1 aliphatic rings. The highest BCUT2D eigenvalue weighted by Crippen LogP contribution is 2.45. The Morgan fingerprint density at radius 3 is 2.54 bits per heavy atom. The molecule has 0 bridgehead atoms. The number of carbonyl (C=O) groups excluding carboxylic acids is 1. The molecule has 3 aromatic carbocycles. The van der Waals surface area contributed by atoms with Crippen molar-refractivity contribution in [2.75, 3.05) is 5.32 Å². The van der Waals surface area contributed by atoms with E-state index >= 15 is 0 Å². The van der Waals surface area contributed by atoms with Gasteiger partial charge < -0.3 is 9.88 Å². The van der Waals surface area contributed by atoms with E-state index in [0.717, 1.165) is 47.6 Å². The van der Waals surface area contributed by atoms with Gasteiger partial charge in [0, 0.05) is 45.1 Å². The van der Waals surface area contributed by atoms with E-state index in [2.05, 4.69) is 80.0 Å². The van der Waals surface area contributed by atoms with Crippen molar-refractivity contribution >= 4 is 56.0 Å². The zero-order valence-electron chi connectivity index (χ0n) is 23.1. The van der Waals surface area contributed by atoms with Crippen LogP contribution in [-0.4, -0.2) is 16.7 Å². The number of hydrogen-bond donors (Lipinski definition) is 1. The number of carbonyl (C=O) groups is 1. The lowest BCUT2D eigenvalue weighted by Gasteiger charge is -2.33. The van der Waals surface area contributed by atoms with Crippen LogP contribution in [0.2, 0.25) is 0 Å². The van der Waals surface area contributed by atoms with E-state index in [-0.39, 0.29) is 11.3 Å². The molecular formula is C34H35N3OS. The van der Waals surface area contributed by atoms with Gasteiger partial charge in [0.05, 0.1) is 5.56 Å². The molecule has 0 fully saturated rings. The Labute approximate surface area is 234 Å². The molecular weight excluding hydrogens is 498 g/mol. The van der Waals surface area contributed by atoms with Gasteiger partial charge in [-0.15, -0.1) is 11.3 Å². The predicted octanol–water partition coefficient (Wildman–Crippen LogP) is 9.03. The molecule has 4 nitrogen and oxygen atoms in total. The van der Waals surface area contributed by atoms with Crippen molar-refractivity contribution in [1.82, 2.24) is 4.57 Å². The fraction of sp³-hybridized carbons (Fsp3) is 0.294. The van der Waals surface area contributed by atoms with Crippen LogP contribution in [0.1, 0.15) is 60.5 Å². The Morgan fingerprint density at radius 1 is 1.03 bits per heavy atom. The molecule has 39 heavy (non-hydrogen) atoms. The molecule has 0 spiro atoms. The van der Waals surface area contributed by atoms with Crippen molar-refractivity contribution in [2.45, 2.75) is 53.5 Å². The summed E-state index contributed by atoms with van der Waals surface area (Å²) in [5.74, 6) is 0.533. The number of benzene rings is 3. The van der Waals surface area contributed by atoms with E-state index in [0.29, 0.717) is 5.92 Å². The summed E-state index contributed by atoms with van der Waals surface area (Å²) in [7, 11) is 0. The largest absolute Gasteiger partial charge is 0.341 e. The van der Waals surface area contributed by atoms with Crippen LogP contribution < -0.4 is 5.32 Å². The predicted molar refractivity (Wildman–Crippen MR) is 166 cm³/mol. The van der Waals surface area contributed by atoms with E-state index in [1.165, 1.54) is 32.2 Å². The third kappa shape index (κ3) is 4.80. The third-order valence-electron chi connectivity index (χ3n) is 8.17. The van der Waals surface area contributed by atoms with Gasteiger partial charge in [0.15, 0.2) is 0 Å². The molecule has 0 unspecified atom stereocenters. The molecule has 1 amide bonds. The first-order valence-electron chi connectivity index (χ1n) is 13.9. The maximum absolute atomic E-state index is 13.6. The van der Waals surface area contributed by atoms with Crippen LogP contribution >= 0.6 is 11.3 Å².